The molecule has 0 saturated heterocycles. The Kier molecular flexibility index (Phi) is 4.67. The van der Waals surface area contributed by atoms with E-state index < -0.39 is 6.29 Å². The summed E-state index contributed by atoms with van der Waals surface area (Å²) in [6.07, 6.45) is -0.236. The number of rotatable bonds is 4. The molecule has 0 aliphatic rings. The molecule has 2 N–H and O–H groups in total. The van der Waals surface area contributed by atoms with Crippen LogP contribution < -0.4 is 0 Å². The van der Waals surface area contributed by atoms with E-state index in [0.717, 1.165) is 0 Å². The second kappa shape index (κ2) is 4.73. The lowest BCUT2D eigenvalue weighted by atomic mass is 10.1. The summed E-state index contributed by atoms with van der Waals surface area (Å²) in [4.78, 5) is 0. The maximum Gasteiger partial charge on any atom is 0.154 e. The van der Waals surface area contributed by atoms with Crippen molar-refractivity contribution in [2.45, 2.75) is 19.6 Å². The molecule has 0 rings (SSSR count). The quantitative estimate of drug-likeness (QED) is 0.531. The minimum Gasteiger partial charge on any atom is -0.396 e. The van der Waals surface area contributed by atoms with Crippen LogP contribution in [-0.2, 0) is 4.74 Å². The van der Waals surface area contributed by atoms with Crippen LogP contribution in [0.5, 0.6) is 0 Å². The van der Waals surface area contributed by atoms with Crippen LogP contribution in [0.15, 0.2) is 0 Å². The molecule has 56 valence electrons. The van der Waals surface area contributed by atoms with Crippen LogP contribution in [0.2, 0.25) is 0 Å². The van der Waals surface area contributed by atoms with E-state index in [1.807, 2.05) is 6.92 Å². The molecule has 0 aromatic carbocycles. The van der Waals surface area contributed by atoms with Gasteiger partial charge in [-0.05, 0) is 5.92 Å². The van der Waals surface area contributed by atoms with Crippen molar-refractivity contribution in [3.05, 3.63) is 0 Å². The lowest BCUT2D eigenvalue weighted by molar-refractivity contribution is -0.0889. The van der Waals surface area contributed by atoms with Crippen LogP contribution in [0.1, 0.15) is 13.3 Å². The lowest BCUT2D eigenvalue weighted by Gasteiger charge is -2.11. The van der Waals surface area contributed by atoms with Crippen molar-refractivity contribution >= 4 is 0 Å². The summed E-state index contributed by atoms with van der Waals surface area (Å²) in [6, 6.07) is 0. The van der Waals surface area contributed by atoms with E-state index in [0.29, 0.717) is 6.42 Å². The van der Waals surface area contributed by atoms with Gasteiger partial charge in [-0.25, -0.2) is 0 Å². The second-order valence-corrected chi connectivity index (χ2v) is 2.21. The summed E-state index contributed by atoms with van der Waals surface area (Å²) in [7, 11) is 1.44. The largest absolute Gasteiger partial charge is 0.396 e. The molecule has 1 unspecified atom stereocenters. The average molecular weight is 134 g/mol. The molecule has 0 saturated carbocycles. The first-order valence-electron chi connectivity index (χ1n) is 3.02. The number of hydrogen-bond acceptors (Lipinski definition) is 3. The molecule has 0 amide bonds. The SMILES string of the molecule is COC(O)C[C@@H](C)CO. The topological polar surface area (TPSA) is 49.7 Å². The van der Waals surface area contributed by atoms with Gasteiger partial charge in [-0.2, -0.15) is 0 Å². The van der Waals surface area contributed by atoms with E-state index in [9.17, 15) is 0 Å². The first-order chi connectivity index (χ1) is 4.20. The van der Waals surface area contributed by atoms with Gasteiger partial charge in [-0.15, -0.1) is 0 Å². The van der Waals surface area contributed by atoms with Crippen molar-refractivity contribution in [1.82, 2.24) is 0 Å². The van der Waals surface area contributed by atoms with Crippen LogP contribution in [-0.4, -0.2) is 30.2 Å². The van der Waals surface area contributed by atoms with Crippen molar-refractivity contribution in [2.75, 3.05) is 13.7 Å². The highest BCUT2D eigenvalue weighted by molar-refractivity contribution is 4.50. The summed E-state index contributed by atoms with van der Waals surface area (Å²) in [5.74, 6) is 0.111. The Bertz CT molecular complexity index is 57.3. The molecule has 0 radical (unpaired) electrons. The van der Waals surface area contributed by atoms with Crippen LogP contribution in [0.3, 0.4) is 0 Å². The zero-order valence-corrected chi connectivity index (χ0v) is 5.87. The number of methoxy groups -OCH3 is 1. The van der Waals surface area contributed by atoms with Gasteiger partial charge in [-0.1, -0.05) is 6.92 Å². The number of ether oxygens (including phenoxy) is 1. The third-order valence-corrected chi connectivity index (χ3v) is 1.19. The summed E-state index contributed by atoms with van der Waals surface area (Å²) in [6.45, 7) is 1.95. The predicted octanol–water partition coefficient (Wildman–Crippen LogP) is -0.0303. The van der Waals surface area contributed by atoms with E-state index >= 15 is 0 Å². The van der Waals surface area contributed by atoms with Gasteiger partial charge in [0, 0.05) is 20.1 Å². The molecule has 0 bridgehead atoms. The third-order valence-electron chi connectivity index (χ3n) is 1.19. The lowest BCUT2D eigenvalue weighted by Crippen LogP contribution is -2.15. The highest BCUT2D eigenvalue weighted by Crippen LogP contribution is 2.04. The van der Waals surface area contributed by atoms with Crippen LogP contribution in [0.25, 0.3) is 0 Å². The maximum absolute atomic E-state index is 8.83. The molecule has 0 heterocycles. The summed E-state index contributed by atoms with van der Waals surface area (Å²) >= 11 is 0. The Morgan fingerprint density at radius 2 is 2.11 bits per heavy atom. The standard InChI is InChI=1S/C6H14O3/c1-5(4-7)3-6(8)9-2/h5-8H,3-4H2,1-2H3/t5-,6?/m1/s1. The fourth-order valence-corrected chi connectivity index (χ4v) is 0.515. The van der Waals surface area contributed by atoms with Gasteiger partial charge in [0.25, 0.3) is 0 Å². The van der Waals surface area contributed by atoms with Crippen LogP contribution in [0.4, 0.5) is 0 Å². The van der Waals surface area contributed by atoms with Crippen molar-refractivity contribution in [3.63, 3.8) is 0 Å². The minimum atomic E-state index is -0.729. The molecular formula is C6H14O3. The molecular weight excluding hydrogens is 120 g/mol. The van der Waals surface area contributed by atoms with Crippen molar-refractivity contribution in [2.24, 2.45) is 5.92 Å². The Balaban J connectivity index is 3.22. The maximum atomic E-state index is 8.83. The molecule has 0 aliphatic carbocycles. The molecule has 2 atom stereocenters. The molecule has 9 heavy (non-hydrogen) atoms. The Hall–Kier alpha value is -0.120. The summed E-state index contributed by atoms with van der Waals surface area (Å²) in [5, 5.41) is 17.3. The van der Waals surface area contributed by atoms with Gasteiger partial charge in [0.2, 0.25) is 0 Å². The summed E-state index contributed by atoms with van der Waals surface area (Å²) < 4.78 is 4.57. The molecule has 0 aliphatic heterocycles. The van der Waals surface area contributed by atoms with Crippen molar-refractivity contribution in [1.29, 1.82) is 0 Å². The first kappa shape index (κ1) is 8.88. The molecule has 3 heteroatoms. The monoisotopic (exact) mass is 134 g/mol. The van der Waals surface area contributed by atoms with Gasteiger partial charge in [-0.3, -0.25) is 0 Å². The molecule has 3 nitrogen and oxygen atoms in total. The van der Waals surface area contributed by atoms with Gasteiger partial charge in [0.1, 0.15) is 0 Å². The summed E-state index contributed by atoms with van der Waals surface area (Å²) in [5.41, 5.74) is 0. The first-order valence-corrected chi connectivity index (χ1v) is 3.02. The third kappa shape index (κ3) is 4.39. The molecule has 0 aromatic rings. The van der Waals surface area contributed by atoms with Gasteiger partial charge in [0.15, 0.2) is 6.29 Å². The van der Waals surface area contributed by atoms with E-state index in [1.165, 1.54) is 7.11 Å². The number of hydrogen-bond donors (Lipinski definition) is 2. The van der Waals surface area contributed by atoms with Crippen LogP contribution >= 0.6 is 0 Å². The van der Waals surface area contributed by atoms with E-state index in [1.54, 1.807) is 0 Å². The fraction of sp³-hybridized carbons (Fsp3) is 1.00. The minimum absolute atomic E-state index is 0.0976. The zero-order chi connectivity index (χ0) is 7.28. The molecule has 0 fully saturated rings. The van der Waals surface area contributed by atoms with E-state index in [-0.39, 0.29) is 12.5 Å². The van der Waals surface area contributed by atoms with Crippen molar-refractivity contribution < 1.29 is 14.9 Å². The fourth-order valence-electron chi connectivity index (χ4n) is 0.515. The highest BCUT2D eigenvalue weighted by Gasteiger charge is 2.06. The van der Waals surface area contributed by atoms with E-state index in [2.05, 4.69) is 4.74 Å². The Morgan fingerprint density at radius 3 is 2.44 bits per heavy atom. The smallest absolute Gasteiger partial charge is 0.154 e. The van der Waals surface area contributed by atoms with Crippen molar-refractivity contribution in [3.8, 4) is 0 Å². The van der Waals surface area contributed by atoms with Gasteiger partial charge >= 0.3 is 0 Å². The second-order valence-electron chi connectivity index (χ2n) is 2.21. The average Bonchev–Trinajstić information content (AvgIpc) is 1.87. The predicted molar refractivity (Wildman–Crippen MR) is 33.9 cm³/mol. The zero-order valence-electron chi connectivity index (χ0n) is 5.87. The van der Waals surface area contributed by atoms with E-state index in [4.69, 9.17) is 10.2 Å². The number of aliphatic hydroxyl groups excluding tert-OH is 2. The van der Waals surface area contributed by atoms with Gasteiger partial charge < -0.3 is 14.9 Å². The van der Waals surface area contributed by atoms with Gasteiger partial charge in [0.05, 0.1) is 0 Å². The Labute approximate surface area is 55.3 Å². The highest BCUT2D eigenvalue weighted by atomic mass is 16.6. The number of aliphatic hydroxyl groups is 2. The van der Waals surface area contributed by atoms with Crippen LogP contribution in [0, 0.1) is 5.92 Å². The molecule has 0 spiro atoms. The normalized spacial score (nSPS) is 17.3. The Morgan fingerprint density at radius 1 is 1.56 bits per heavy atom. The molecule has 0 aromatic heterocycles.